The predicted molar refractivity (Wildman–Crippen MR) is 80.1 cm³/mol. The molecule has 22 heavy (non-hydrogen) atoms. The van der Waals surface area contributed by atoms with Gasteiger partial charge in [0.25, 0.3) is 0 Å². The highest BCUT2D eigenvalue weighted by Gasteiger charge is 2.15. The number of aromatic hydroxyl groups is 1. The van der Waals surface area contributed by atoms with Crippen LogP contribution in [-0.4, -0.2) is 22.3 Å². The lowest BCUT2D eigenvalue weighted by atomic mass is 10.1. The van der Waals surface area contributed by atoms with E-state index < -0.39 is 12.1 Å². The Balaban J connectivity index is 2.07. The summed E-state index contributed by atoms with van der Waals surface area (Å²) in [6, 6.07) is 11.5. The molecule has 0 radical (unpaired) electrons. The van der Waals surface area contributed by atoms with E-state index in [0.29, 0.717) is 5.56 Å². The van der Waals surface area contributed by atoms with E-state index in [1.54, 1.807) is 0 Å². The summed E-state index contributed by atoms with van der Waals surface area (Å²) in [5.41, 5.74) is 1.27. The van der Waals surface area contributed by atoms with Crippen molar-refractivity contribution in [1.29, 1.82) is 0 Å². The fourth-order valence-corrected chi connectivity index (χ4v) is 1.92. The van der Waals surface area contributed by atoms with E-state index in [2.05, 4.69) is 5.32 Å². The molecule has 114 valence electrons. The highest BCUT2D eigenvalue weighted by molar-refractivity contribution is 5.94. The lowest BCUT2D eigenvalue weighted by Gasteiger charge is -2.12. The number of carbonyl (C=O) groups is 2. The number of anilines is 1. The Kier molecular flexibility index (Phi) is 4.63. The SMILES string of the molecule is Cc1c(NC(=O)OCc2ccccc2)cc(O)cc1C(=O)O. The van der Waals surface area contributed by atoms with E-state index in [-0.39, 0.29) is 23.6 Å². The molecule has 1 amide bonds. The molecule has 3 N–H and O–H groups in total. The van der Waals surface area contributed by atoms with E-state index in [4.69, 9.17) is 9.84 Å². The first-order valence-electron chi connectivity index (χ1n) is 6.52. The Morgan fingerprint density at radius 3 is 2.50 bits per heavy atom. The van der Waals surface area contributed by atoms with Gasteiger partial charge in [0.1, 0.15) is 12.4 Å². The Morgan fingerprint density at radius 1 is 1.18 bits per heavy atom. The maximum atomic E-state index is 11.8. The number of carbonyl (C=O) groups excluding carboxylic acids is 1. The molecule has 6 heteroatoms. The van der Waals surface area contributed by atoms with Crippen molar-refractivity contribution < 1.29 is 24.5 Å². The third-order valence-corrected chi connectivity index (χ3v) is 3.07. The summed E-state index contributed by atoms with van der Waals surface area (Å²) in [6.45, 7) is 1.63. The van der Waals surface area contributed by atoms with Crippen molar-refractivity contribution in [3.8, 4) is 5.75 Å². The zero-order valence-corrected chi connectivity index (χ0v) is 11.9. The van der Waals surface area contributed by atoms with Crippen molar-refractivity contribution in [2.75, 3.05) is 5.32 Å². The largest absolute Gasteiger partial charge is 0.508 e. The highest BCUT2D eigenvalue weighted by Crippen LogP contribution is 2.25. The summed E-state index contributed by atoms with van der Waals surface area (Å²) in [7, 11) is 0. The quantitative estimate of drug-likeness (QED) is 0.806. The molecule has 0 fully saturated rings. The van der Waals surface area contributed by atoms with E-state index in [9.17, 15) is 14.7 Å². The molecule has 2 aromatic rings. The molecule has 0 aliphatic carbocycles. The summed E-state index contributed by atoms with van der Waals surface area (Å²) in [5.74, 6) is -1.43. The molecule has 0 saturated carbocycles. The Bertz CT molecular complexity index is 697. The summed E-state index contributed by atoms with van der Waals surface area (Å²) >= 11 is 0. The topological polar surface area (TPSA) is 95.9 Å². The van der Waals surface area contributed by atoms with Crippen LogP contribution in [0.4, 0.5) is 10.5 Å². The van der Waals surface area contributed by atoms with E-state index in [1.807, 2.05) is 30.3 Å². The van der Waals surface area contributed by atoms with Gasteiger partial charge >= 0.3 is 12.1 Å². The zero-order valence-electron chi connectivity index (χ0n) is 11.9. The fourth-order valence-electron chi connectivity index (χ4n) is 1.92. The third kappa shape index (κ3) is 3.76. The standard InChI is InChI=1S/C16H15NO5/c1-10-13(15(19)20)7-12(18)8-14(10)17-16(21)22-9-11-5-3-2-4-6-11/h2-8,18H,9H2,1H3,(H,17,21)(H,19,20). The fraction of sp³-hybridized carbons (Fsp3) is 0.125. The number of hydrogen-bond donors (Lipinski definition) is 3. The van der Waals surface area contributed by atoms with E-state index in [1.165, 1.54) is 13.0 Å². The van der Waals surface area contributed by atoms with Crippen LogP contribution in [0.2, 0.25) is 0 Å². The first-order chi connectivity index (χ1) is 10.5. The number of benzene rings is 2. The van der Waals surface area contributed by atoms with Crippen LogP contribution in [0, 0.1) is 6.92 Å². The van der Waals surface area contributed by atoms with Gasteiger partial charge in [-0.15, -0.1) is 0 Å². The molecule has 0 aromatic heterocycles. The number of nitrogens with one attached hydrogen (secondary N) is 1. The van der Waals surface area contributed by atoms with Crippen LogP contribution in [0.15, 0.2) is 42.5 Å². The minimum atomic E-state index is -1.19. The Hall–Kier alpha value is -3.02. The van der Waals surface area contributed by atoms with Crippen LogP contribution in [0.5, 0.6) is 5.75 Å². The summed E-state index contributed by atoms with van der Waals surface area (Å²) in [4.78, 5) is 22.8. The van der Waals surface area contributed by atoms with Crippen molar-refractivity contribution in [2.45, 2.75) is 13.5 Å². The maximum absolute atomic E-state index is 11.8. The molecule has 0 spiro atoms. The van der Waals surface area contributed by atoms with Gasteiger partial charge in [0.2, 0.25) is 0 Å². The van der Waals surface area contributed by atoms with Gasteiger partial charge in [-0.2, -0.15) is 0 Å². The molecule has 0 bridgehead atoms. The van der Waals surface area contributed by atoms with Crippen LogP contribution >= 0.6 is 0 Å². The Morgan fingerprint density at radius 2 is 1.86 bits per heavy atom. The van der Waals surface area contributed by atoms with Gasteiger partial charge in [-0.1, -0.05) is 30.3 Å². The second-order valence-corrected chi connectivity index (χ2v) is 4.66. The number of phenols is 1. The minimum Gasteiger partial charge on any atom is -0.508 e. The summed E-state index contributed by atoms with van der Waals surface area (Å²) < 4.78 is 5.05. The van der Waals surface area contributed by atoms with Crippen LogP contribution in [0.25, 0.3) is 0 Å². The van der Waals surface area contributed by atoms with Gasteiger partial charge in [0.05, 0.1) is 11.3 Å². The summed E-state index contributed by atoms with van der Waals surface area (Å²) in [6.07, 6.45) is -0.728. The monoisotopic (exact) mass is 301 g/mol. The predicted octanol–water partition coefficient (Wildman–Crippen LogP) is 3.15. The number of amides is 1. The van der Waals surface area contributed by atoms with Crippen molar-refractivity contribution in [3.05, 3.63) is 59.2 Å². The number of rotatable bonds is 4. The minimum absolute atomic E-state index is 0.0849. The molecule has 0 aliphatic rings. The van der Waals surface area contributed by atoms with Crippen LogP contribution in [0.3, 0.4) is 0 Å². The van der Waals surface area contributed by atoms with Gasteiger partial charge < -0.3 is 14.9 Å². The summed E-state index contributed by atoms with van der Waals surface area (Å²) in [5, 5.41) is 21.0. The molecular formula is C16H15NO5. The highest BCUT2D eigenvalue weighted by atomic mass is 16.5. The second kappa shape index (κ2) is 6.62. The number of carboxylic acids is 1. The molecule has 2 rings (SSSR count). The lowest BCUT2D eigenvalue weighted by molar-refractivity contribution is 0.0695. The maximum Gasteiger partial charge on any atom is 0.411 e. The molecule has 0 atom stereocenters. The second-order valence-electron chi connectivity index (χ2n) is 4.66. The number of aromatic carboxylic acids is 1. The Labute approximate surface area is 127 Å². The average molecular weight is 301 g/mol. The average Bonchev–Trinajstić information content (AvgIpc) is 2.49. The van der Waals surface area contributed by atoms with Gasteiger partial charge in [-0.25, -0.2) is 9.59 Å². The molecule has 6 nitrogen and oxygen atoms in total. The van der Waals surface area contributed by atoms with E-state index >= 15 is 0 Å². The smallest absolute Gasteiger partial charge is 0.411 e. The van der Waals surface area contributed by atoms with Crippen molar-refractivity contribution in [1.82, 2.24) is 0 Å². The molecule has 0 heterocycles. The first kappa shape index (κ1) is 15.4. The van der Waals surface area contributed by atoms with Crippen molar-refractivity contribution >= 4 is 17.7 Å². The van der Waals surface area contributed by atoms with Crippen LogP contribution in [0.1, 0.15) is 21.5 Å². The molecule has 2 aromatic carbocycles. The normalized spacial score (nSPS) is 10.0. The third-order valence-electron chi connectivity index (χ3n) is 3.07. The van der Waals surface area contributed by atoms with E-state index in [0.717, 1.165) is 11.6 Å². The van der Waals surface area contributed by atoms with Crippen molar-refractivity contribution in [3.63, 3.8) is 0 Å². The van der Waals surface area contributed by atoms with Crippen LogP contribution < -0.4 is 5.32 Å². The molecule has 0 unspecified atom stereocenters. The lowest BCUT2D eigenvalue weighted by Crippen LogP contribution is -2.15. The molecule has 0 aliphatic heterocycles. The van der Waals surface area contributed by atoms with Gasteiger partial charge in [-0.3, -0.25) is 5.32 Å². The number of hydrogen-bond acceptors (Lipinski definition) is 4. The number of ether oxygens (including phenoxy) is 1. The van der Waals surface area contributed by atoms with Crippen LogP contribution in [-0.2, 0) is 11.3 Å². The number of carboxylic acid groups (broad SMARTS) is 1. The molecular weight excluding hydrogens is 286 g/mol. The van der Waals surface area contributed by atoms with Gasteiger partial charge in [-0.05, 0) is 24.1 Å². The first-order valence-corrected chi connectivity index (χ1v) is 6.52. The van der Waals surface area contributed by atoms with Crippen molar-refractivity contribution in [2.24, 2.45) is 0 Å². The van der Waals surface area contributed by atoms with Gasteiger partial charge in [0.15, 0.2) is 0 Å². The van der Waals surface area contributed by atoms with Gasteiger partial charge in [0, 0.05) is 6.07 Å². The molecule has 0 saturated heterocycles. The zero-order chi connectivity index (χ0) is 16.1. The number of phenolic OH excluding ortho intramolecular Hbond substituents is 1.